The highest BCUT2D eigenvalue weighted by Gasteiger charge is 2.21. The number of rotatable bonds is 5. The number of nitrogens with two attached hydrogens (primary N) is 1. The number of benzene rings is 1. The molecule has 1 atom stereocenters. The van der Waals surface area contributed by atoms with Gasteiger partial charge < -0.3 is 16.2 Å². The van der Waals surface area contributed by atoms with E-state index in [0.29, 0.717) is 17.7 Å². The van der Waals surface area contributed by atoms with Crippen molar-refractivity contribution in [2.24, 2.45) is 0 Å². The number of aliphatic hydroxyl groups is 1. The van der Waals surface area contributed by atoms with Crippen LogP contribution in [0, 0.1) is 13.8 Å². The molecule has 0 aliphatic heterocycles. The fraction of sp³-hybridized carbons (Fsp3) is 0.533. The molecule has 0 saturated carbocycles. The van der Waals surface area contributed by atoms with Crippen molar-refractivity contribution in [2.45, 2.75) is 46.1 Å². The number of aryl methyl sites for hydroxylation is 2. The van der Waals surface area contributed by atoms with Gasteiger partial charge in [-0.05, 0) is 44.4 Å². The normalized spacial score (nSPS) is 13.9. The van der Waals surface area contributed by atoms with Crippen molar-refractivity contribution in [3.8, 4) is 0 Å². The van der Waals surface area contributed by atoms with E-state index in [2.05, 4.69) is 5.32 Å². The van der Waals surface area contributed by atoms with Gasteiger partial charge >= 0.3 is 0 Å². The summed E-state index contributed by atoms with van der Waals surface area (Å²) in [6.07, 6.45) is 1.53. The molecular weight excluding hydrogens is 240 g/mol. The molecule has 4 N–H and O–H groups in total. The summed E-state index contributed by atoms with van der Waals surface area (Å²) in [5.74, 6) is -0.194. The van der Waals surface area contributed by atoms with E-state index in [1.165, 1.54) is 0 Å². The maximum atomic E-state index is 12.1. The Balaban J connectivity index is 2.77. The minimum atomic E-state index is -0.867. The van der Waals surface area contributed by atoms with Crippen LogP contribution in [0.1, 0.15) is 48.2 Å². The molecule has 0 spiro atoms. The summed E-state index contributed by atoms with van der Waals surface area (Å²) in [6, 6.07) is 3.59. The molecule has 1 amide bonds. The molecule has 0 radical (unpaired) electrons. The third kappa shape index (κ3) is 4.24. The summed E-state index contributed by atoms with van der Waals surface area (Å²) in [7, 11) is 0. The molecule has 0 bridgehead atoms. The highest BCUT2D eigenvalue weighted by molar-refractivity contribution is 5.96. The van der Waals surface area contributed by atoms with E-state index < -0.39 is 5.60 Å². The van der Waals surface area contributed by atoms with E-state index in [4.69, 9.17) is 5.73 Å². The van der Waals surface area contributed by atoms with E-state index in [0.717, 1.165) is 17.5 Å². The Morgan fingerprint density at radius 2 is 2.00 bits per heavy atom. The number of carbonyl (C=O) groups is 1. The monoisotopic (exact) mass is 264 g/mol. The average molecular weight is 264 g/mol. The molecule has 0 saturated heterocycles. The lowest BCUT2D eigenvalue weighted by atomic mass is 10.00. The van der Waals surface area contributed by atoms with E-state index >= 15 is 0 Å². The number of anilines is 1. The van der Waals surface area contributed by atoms with E-state index in [-0.39, 0.29) is 12.5 Å². The van der Waals surface area contributed by atoms with Crippen molar-refractivity contribution >= 4 is 11.6 Å². The van der Waals surface area contributed by atoms with Gasteiger partial charge in [-0.15, -0.1) is 0 Å². The van der Waals surface area contributed by atoms with Crippen molar-refractivity contribution in [2.75, 3.05) is 12.3 Å². The van der Waals surface area contributed by atoms with Crippen molar-refractivity contribution in [3.63, 3.8) is 0 Å². The van der Waals surface area contributed by atoms with Crippen LogP contribution in [0.2, 0.25) is 0 Å². The Morgan fingerprint density at radius 1 is 1.37 bits per heavy atom. The third-order valence-electron chi connectivity index (χ3n) is 3.28. The fourth-order valence-electron chi connectivity index (χ4n) is 2.11. The van der Waals surface area contributed by atoms with Crippen molar-refractivity contribution in [1.82, 2.24) is 5.32 Å². The second-order valence-electron chi connectivity index (χ2n) is 5.45. The second-order valence-corrected chi connectivity index (χ2v) is 5.45. The SMILES string of the molecule is CCCC(C)(O)CNC(=O)c1cc(N)c(C)cc1C. The molecule has 106 valence electrons. The molecule has 0 aromatic heterocycles. The highest BCUT2D eigenvalue weighted by Crippen LogP contribution is 2.18. The van der Waals surface area contributed by atoms with Crippen LogP contribution >= 0.6 is 0 Å². The summed E-state index contributed by atoms with van der Waals surface area (Å²) in [5, 5.41) is 12.8. The molecule has 1 aromatic carbocycles. The Labute approximate surface area is 115 Å². The van der Waals surface area contributed by atoms with Gasteiger partial charge in [-0.3, -0.25) is 4.79 Å². The zero-order valence-electron chi connectivity index (χ0n) is 12.2. The van der Waals surface area contributed by atoms with Crippen LogP contribution in [-0.2, 0) is 0 Å². The summed E-state index contributed by atoms with van der Waals surface area (Å²) < 4.78 is 0. The molecule has 0 heterocycles. The van der Waals surface area contributed by atoms with Crippen molar-refractivity contribution < 1.29 is 9.90 Å². The average Bonchev–Trinajstić information content (AvgIpc) is 2.31. The standard InChI is InChI=1S/C15H24N2O2/c1-5-6-15(4,19)9-17-14(18)12-8-13(16)11(3)7-10(12)2/h7-8,19H,5-6,9,16H2,1-4H3,(H,17,18). The van der Waals surface area contributed by atoms with Crippen LogP contribution in [0.4, 0.5) is 5.69 Å². The Hall–Kier alpha value is -1.55. The molecule has 1 unspecified atom stereocenters. The van der Waals surface area contributed by atoms with Crippen molar-refractivity contribution in [3.05, 3.63) is 28.8 Å². The maximum absolute atomic E-state index is 12.1. The fourth-order valence-corrected chi connectivity index (χ4v) is 2.11. The van der Waals surface area contributed by atoms with E-state index in [1.807, 2.05) is 26.8 Å². The molecule has 0 aliphatic carbocycles. The van der Waals surface area contributed by atoms with Gasteiger partial charge in [-0.25, -0.2) is 0 Å². The van der Waals surface area contributed by atoms with Crippen LogP contribution in [-0.4, -0.2) is 23.2 Å². The van der Waals surface area contributed by atoms with Crippen LogP contribution < -0.4 is 11.1 Å². The number of nitrogens with one attached hydrogen (secondary N) is 1. The Morgan fingerprint density at radius 3 is 2.58 bits per heavy atom. The van der Waals surface area contributed by atoms with Gasteiger partial charge in [-0.1, -0.05) is 19.4 Å². The summed E-state index contributed by atoms with van der Waals surface area (Å²) in [6.45, 7) is 7.77. The van der Waals surface area contributed by atoms with Gasteiger partial charge in [0.15, 0.2) is 0 Å². The third-order valence-corrected chi connectivity index (χ3v) is 3.28. The zero-order valence-corrected chi connectivity index (χ0v) is 12.2. The lowest BCUT2D eigenvalue weighted by molar-refractivity contribution is 0.0469. The summed E-state index contributed by atoms with van der Waals surface area (Å²) in [5.41, 5.74) is 7.99. The largest absolute Gasteiger partial charge is 0.398 e. The molecule has 4 heteroatoms. The number of hydrogen-bond donors (Lipinski definition) is 3. The first-order chi connectivity index (χ1) is 8.76. The predicted molar refractivity (Wildman–Crippen MR) is 78.2 cm³/mol. The second kappa shape index (κ2) is 6.06. The first-order valence-electron chi connectivity index (χ1n) is 6.64. The minimum Gasteiger partial charge on any atom is -0.398 e. The lowest BCUT2D eigenvalue weighted by Crippen LogP contribution is -2.40. The topological polar surface area (TPSA) is 75.3 Å². The molecule has 19 heavy (non-hydrogen) atoms. The van der Waals surface area contributed by atoms with Crippen molar-refractivity contribution in [1.29, 1.82) is 0 Å². The van der Waals surface area contributed by atoms with Gasteiger partial charge in [0.1, 0.15) is 0 Å². The quantitative estimate of drug-likeness (QED) is 0.713. The lowest BCUT2D eigenvalue weighted by Gasteiger charge is -2.23. The molecule has 0 fully saturated rings. The van der Waals surface area contributed by atoms with Gasteiger partial charge in [0, 0.05) is 17.8 Å². The number of amides is 1. The molecule has 4 nitrogen and oxygen atoms in total. The summed E-state index contributed by atoms with van der Waals surface area (Å²) in [4.78, 5) is 12.1. The molecule has 1 rings (SSSR count). The van der Waals surface area contributed by atoms with Gasteiger partial charge in [0.05, 0.1) is 5.60 Å². The summed E-state index contributed by atoms with van der Waals surface area (Å²) >= 11 is 0. The first-order valence-corrected chi connectivity index (χ1v) is 6.64. The van der Waals surface area contributed by atoms with Gasteiger partial charge in [0.25, 0.3) is 5.91 Å². The molecule has 0 aliphatic rings. The van der Waals surface area contributed by atoms with Crippen LogP contribution in [0.5, 0.6) is 0 Å². The molecular formula is C15H24N2O2. The Kier molecular flexibility index (Phi) is 4.95. The Bertz CT molecular complexity index is 467. The van der Waals surface area contributed by atoms with Crippen LogP contribution in [0.15, 0.2) is 12.1 Å². The van der Waals surface area contributed by atoms with Gasteiger partial charge in [-0.2, -0.15) is 0 Å². The maximum Gasteiger partial charge on any atom is 0.251 e. The zero-order chi connectivity index (χ0) is 14.6. The van der Waals surface area contributed by atoms with Crippen LogP contribution in [0.25, 0.3) is 0 Å². The minimum absolute atomic E-state index is 0.194. The number of nitrogen functional groups attached to an aromatic ring is 1. The van der Waals surface area contributed by atoms with E-state index in [9.17, 15) is 9.90 Å². The van der Waals surface area contributed by atoms with Crippen LogP contribution in [0.3, 0.4) is 0 Å². The first kappa shape index (κ1) is 15.5. The smallest absolute Gasteiger partial charge is 0.251 e. The van der Waals surface area contributed by atoms with E-state index in [1.54, 1.807) is 13.0 Å². The van der Waals surface area contributed by atoms with Gasteiger partial charge in [0.2, 0.25) is 0 Å². The predicted octanol–water partition coefficient (Wildman–Crippen LogP) is 2.17. The number of hydrogen-bond acceptors (Lipinski definition) is 3. The molecule has 1 aromatic rings. The number of carbonyl (C=O) groups excluding carboxylic acids is 1. The highest BCUT2D eigenvalue weighted by atomic mass is 16.3.